The summed E-state index contributed by atoms with van der Waals surface area (Å²) in [6, 6.07) is 2.12. The van der Waals surface area contributed by atoms with E-state index in [9.17, 15) is 4.79 Å². The molecule has 1 aliphatic rings. The summed E-state index contributed by atoms with van der Waals surface area (Å²) < 4.78 is 5.63. The maximum Gasteiger partial charge on any atom is 0.177 e. The summed E-state index contributed by atoms with van der Waals surface area (Å²) in [6.45, 7) is 5.86. The van der Waals surface area contributed by atoms with Gasteiger partial charge in [-0.2, -0.15) is 5.26 Å². The molecule has 0 spiro atoms. The van der Waals surface area contributed by atoms with Gasteiger partial charge in [-0.1, -0.05) is 0 Å². The van der Waals surface area contributed by atoms with Crippen molar-refractivity contribution in [2.24, 2.45) is 0 Å². The Bertz CT molecular complexity index is 492. The van der Waals surface area contributed by atoms with Gasteiger partial charge in [0, 0.05) is 19.0 Å². The average Bonchev–Trinajstić information content (AvgIpc) is 2.53. The summed E-state index contributed by atoms with van der Waals surface area (Å²) in [6.07, 6.45) is 0.662. The number of carbonyl (C=O) groups is 1. The summed E-state index contributed by atoms with van der Waals surface area (Å²) in [7, 11) is 0. The van der Waals surface area contributed by atoms with E-state index in [4.69, 9.17) is 10.00 Å². The molecule has 0 unspecified atom stereocenters. The minimum atomic E-state index is -0.269. The van der Waals surface area contributed by atoms with Gasteiger partial charge >= 0.3 is 0 Å². The lowest BCUT2D eigenvalue weighted by atomic mass is 9.92. The largest absolute Gasteiger partial charge is 0.369 e. The lowest BCUT2D eigenvalue weighted by Gasteiger charge is -2.30. The van der Waals surface area contributed by atoms with E-state index in [0.29, 0.717) is 24.3 Å². The van der Waals surface area contributed by atoms with Crippen LogP contribution in [-0.2, 0) is 17.8 Å². The lowest BCUT2D eigenvalue weighted by molar-refractivity contribution is -0.0414. The van der Waals surface area contributed by atoms with Crippen LogP contribution in [0.25, 0.3) is 0 Å². The van der Waals surface area contributed by atoms with Crippen LogP contribution in [0.1, 0.15) is 48.1 Å². The number of rotatable bonds is 1. The third kappa shape index (κ3) is 1.63. The fraction of sp³-hybridized carbons (Fsp3) is 0.500. The second-order valence-corrected chi connectivity index (χ2v) is 4.73. The van der Waals surface area contributed by atoms with E-state index in [1.54, 1.807) is 0 Å². The molecule has 0 aromatic carbocycles. The number of nitrogens with zero attached hydrogens (tertiary/aromatic N) is 1. The smallest absolute Gasteiger partial charge is 0.177 e. The summed E-state index contributed by atoms with van der Waals surface area (Å²) in [5.41, 5.74) is 2.42. The number of Topliss-reactive ketones (excluding diaryl/α,β-unsaturated/α-hetero) is 1. The first-order valence-corrected chi connectivity index (χ1v) is 5.23. The lowest BCUT2D eigenvalue weighted by Crippen LogP contribution is -2.31. The average molecular weight is 218 g/mol. The van der Waals surface area contributed by atoms with Gasteiger partial charge in [0.15, 0.2) is 5.78 Å². The summed E-state index contributed by atoms with van der Waals surface area (Å²) >= 11 is 0. The zero-order valence-corrected chi connectivity index (χ0v) is 9.68. The van der Waals surface area contributed by atoms with Crippen LogP contribution < -0.4 is 0 Å². The van der Waals surface area contributed by atoms with E-state index < -0.39 is 0 Å². The van der Waals surface area contributed by atoms with Crippen molar-refractivity contribution in [2.75, 3.05) is 0 Å². The summed E-state index contributed by atoms with van der Waals surface area (Å²) in [5, 5.41) is 9.12. The third-order valence-corrected chi connectivity index (χ3v) is 2.87. The number of hydrogen-bond acceptors (Lipinski definition) is 3. The van der Waals surface area contributed by atoms with Gasteiger partial charge in [0.25, 0.3) is 0 Å². The van der Waals surface area contributed by atoms with Gasteiger partial charge in [0.1, 0.15) is 11.8 Å². The molecule has 84 valence electrons. The predicted molar refractivity (Wildman–Crippen MR) is 58.1 cm³/mol. The fourth-order valence-corrected chi connectivity index (χ4v) is 2.04. The van der Waals surface area contributed by atoms with E-state index in [1.807, 2.05) is 13.8 Å². The van der Waals surface area contributed by atoms with E-state index in [1.165, 1.54) is 6.92 Å². The highest BCUT2D eigenvalue weighted by Gasteiger charge is 2.31. The van der Waals surface area contributed by atoms with Gasteiger partial charge in [0.05, 0.1) is 17.8 Å². The molecule has 1 N–H and O–H groups in total. The zero-order valence-electron chi connectivity index (χ0n) is 9.68. The van der Waals surface area contributed by atoms with Crippen LogP contribution in [0.15, 0.2) is 0 Å². The van der Waals surface area contributed by atoms with Gasteiger partial charge in [-0.3, -0.25) is 4.79 Å². The molecular formula is C12H14N2O2. The molecule has 0 radical (unpaired) electrons. The van der Waals surface area contributed by atoms with Gasteiger partial charge in [0.2, 0.25) is 0 Å². The number of hydrogen-bond donors (Lipinski definition) is 1. The number of ether oxygens (including phenoxy) is 1. The normalized spacial score (nSPS) is 17.6. The van der Waals surface area contributed by atoms with Gasteiger partial charge < -0.3 is 9.72 Å². The SMILES string of the molecule is CC(=O)c1[nH]c2c(c1C#N)CC(C)(C)OC2. The minimum Gasteiger partial charge on any atom is -0.369 e. The standard InChI is InChI=1S/C12H14N2O2/c1-7(15)11-9(5-13)8-4-12(2,3)16-6-10(8)14-11/h14H,4,6H2,1-3H3. The molecule has 2 rings (SSSR count). The molecule has 1 aromatic heterocycles. The highest BCUT2D eigenvalue weighted by molar-refractivity contribution is 5.95. The number of nitriles is 1. The summed E-state index contributed by atoms with van der Waals surface area (Å²) in [5.74, 6) is -0.108. The first kappa shape index (κ1) is 10.9. The van der Waals surface area contributed by atoms with Crippen molar-refractivity contribution in [3.8, 4) is 6.07 Å². The van der Waals surface area contributed by atoms with Gasteiger partial charge in [-0.05, 0) is 19.4 Å². The highest BCUT2D eigenvalue weighted by atomic mass is 16.5. The third-order valence-electron chi connectivity index (χ3n) is 2.87. The Morgan fingerprint density at radius 1 is 1.56 bits per heavy atom. The van der Waals surface area contributed by atoms with Crippen molar-refractivity contribution in [1.29, 1.82) is 5.26 Å². The minimum absolute atomic E-state index is 0.108. The van der Waals surface area contributed by atoms with E-state index in [-0.39, 0.29) is 11.4 Å². The van der Waals surface area contributed by atoms with Gasteiger partial charge in [-0.15, -0.1) is 0 Å². The van der Waals surface area contributed by atoms with E-state index in [0.717, 1.165) is 11.3 Å². The Balaban J connectivity index is 2.56. The first-order chi connectivity index (χ1) is 7.44. The Kier molecular flexibility index (Phi) is 2.36. The number of aromatic nitrogens is 1. The first-order valence-electron chi connectivity index (χ1n) is 5.23. The molecule has 2 heterocycles. The van der Waals surface area contributed by atoms with Crippen LogP contribution in [0.4, 0.5) is 0 Å². The Morgan fingerprint density at radius 2 is 2.25 bits per heavy atom. The maximum atomic E-state index is 11.4. The Morgan fingerprint density at radius 3 is 2.81 bits per heavy atom. The monoisotopic (exact) mass is 218 g/mol. The Labute approximate surface area is 94.2 Å². The molecular weight excluding hydrogens is 204 g/mol. The van der Waals surface area contributed by atoms with Crippen molar-refractivity contribution in [2.45, 2.75) is 39.4 Å². The molecule has 4 heteroatoms. The molecule has 1 aliphatic heterocycles. The predicted octanol–water partition coefficient (Wildman–Crippen LogP) is 1.94. The van der Waals surface area contributed by atoms with Crippen LogP contribution in [-0.4, -0.2) is 16.4 Å². The summed E-state index contributed by atoms with van der Waals surface area (Å²) in [4.78, 5) is 14.4. The van der Waals surface area contributed by atoms with Crippen molar-refractivity contribution in [3.05, 3.63) is 22.5 Å². The topological polar surface area (TPSA) is 65.9 Å². The van der Waals surface area contributed by atoms with Crippen LogP contribution in [0.2, 0.25) is 0 Å². The van der Waals surface area contributed by atoms with Crippen molar-refractivity contribution in [3.63, 3.8) is 0 Å². The molecule has 0 saturated carbocycles. The second kappa shape index (κ2) is 3.46. The van der Waals surface area contributed by atoms with Crippen LogP contribution in [0, 0.1) is 11.3 Å². The number of aromatic amines is 1. The maximum absolute atomic E-state index is 11.4. The molecule has 0 fully saturated rings. The van der Waals surface area contributed by atoms with Crippen molar-refractivity contribution >= 4 is 5.78 Å². The van der Waals surface area contributed by atoms with Gasteiger partial charge in [-0.25, -0.2) is 0 Å². The number of carbonyl (C=O) groups excluding carboxylic acids is 1. The zero-order chi connectivity index (χ0) is 11.9. The van der Waals surface area contributed by atoms with Crippen molar-refractivity contribution < 1.29 is 9.53 Å². The fourth-order valence-electron chi connectivity index (χ4n) is 2.04. The Hall–Kier alpha value is -1.60. The number of nitrogens with one attached hydrogen (secondary N) is 1. The molecule has 0 bridgehead atoms. The highest BCUT2D eigenvalue weighted by Crippen LogP contribution is 2.31. The van der Waals surface area contributed by atoms with Crippen LogP contribution >= 0.6 is 0 Å². The second-order valence-electron chi connectivity index (χ2n) is 4.73. The molecule has 4 nitrogen and oxygen atoms in total. The quantitative estimate of drug-likeness (QED) is 0.732. The number of ketones is 1. The van der Waals surface area contributed by atoms with E-state index in [2.05, 4.69) is 11.1 Å². The molecule has 0 aliphatic carbocycles. The molecule has 0 amide bonds. The van der Waals surface area contributed by atoms with Crippen molar-refractivity contribution in [1.82, 2.24) is 4.98 Å². The van der Waals surface area contributed by atoms with Crippen LogP contribution in [0.5, 0.6) is 0 Å². The molecule has 1 aromatic rings. The molecule has 0 saturated heterocycles. The van der Waals surface area contributed by atoms with E-state index >= 15 is 0 Å². The molecule has 16 heavy (non-hydrogen) atoms. The molecule has 0 atom stereocenters. The van der Waals surface area contributed by atoms with Crippen LogP contribution in [0.3, 0.4) is 0 Å². The number of fused-ring (bicyclic) bond motifs is 1. The number of H-pyrrole nitrogens is 1.